The zero-order chi connectivity index (χ0) is 28.9. The Kier molecular flexibility index (Phi) is 8.23. The Morgan fingerprint density at radius 2 is 1.35 bits per heavy atom. The van der Waals surface area contributed by atoms with Gasteiger partial charge in [0, 0.05) is 46.0 Å². The van der Waals surface area contributed by atoms with Crippen LogP contribution in [0.5, 0.6) is 0 Å². The lowest BCUT2D eigenvalue weighted by atomic mass is 9.69. The van der Waals surface area contributed by atoms with Gasteiger partial charge in [-0.25, -0.2) is 0 Å². The fraction of sp³-hybridized carbons (Fsp3) is 0.324. The van der Waals surface area contributed by atoms with Crippen LogP contribution in [0.1, 0.15) is 66.2 Å². The highest BCUT2D eigenvalue weighted by Gasteiger charge is 2.41. The molecule has 2 aromatic heterocycles. The van der Waals surface area contributed by atoms with Crippen molar-refractivity contribution in [2.45, 2.75) is 59.0 Å². The molecule has 1 atom stereocenters. The molecule has 2 nitrogen and oxygen atoms in total. The maximum Gasteiger partial charge on any atom is 0.164 e. The van der Waals surface area contributed by atoms with Crippen molar-refractivity contribution in [1.29, 1.82) is 0 Å². The minimum absolute atomic E-state index is 0.0926. The molecule has 1 unspecified atom stereocenters. The van der Waals surface area contributed by atoms with Gasteiger partial charge in [0.2, 0.25) is 0 Å². The second-order valence-electron chi connectivity index (χ2n) is 12.5. The summed E-state index contributed by atoms with van der Waals surface area (Å²) in [5, 5.41) is 11.0. The van der Waals surface area contributed by atoms with Crippen molar-refractivity contribution in [3.05, 3.63) is 103 Å². The molecule has 1 N–H and O–H groups in total. The third-order valence-corrected chi connectivity index (χ3v) is 11.0. The van der Waals surface area contributed by atoms with Crippen LogP contribution >= 0.6 is 54.5 Å². The van der Waals surface area contributed by atoms with Crippen molar-refractivity contribution in [1.82, 2.24) is 0 Å². The van der Waals surface area contributed by atoms with Crippen LogP contribution in [0.2, 0.25) is 0 Å². The summed E-state index contributed by atoms with van der Waals surface area (Å²) in [6.45, 7) is 12.6. The summed E-state index contributed by atoms with van der Waals surface area (Å²) >= 11 is 10.6. The van der Waals surface area contributed by atoms with Crippen molar-refractivity contribution < 1.29 is 9.90 Å². The normalized spacial score (nSPS) is 20.6. The number of benzene rings is 2. The van der Waals surface area contributed by atoms with Gasteiger partial charge in [0.1, 0.15) is 5.60 Å². The second-order valence-corrected chi connectivity index (χ2v) is 16.6. The Morgan fingerprint density at radius 1 is 0.800 bits per heavy atom. The van der Waals surface area contributed by atoms with Crippen LogP contribution in [0.4, 0.5) is 0 Å². The first-order chi connectivity index (χ1) is 18.8. The molecule has 0 saturated carbocycles. The highest BCUT2D eigenvalue weighted by Crippen LogP contribution is 2.50. The summed E-state index contributed by atoms with van der Waals surface area (Å²) in [6.07, 6.45) is 5.11. The molecule has 0 fully saturated rings. The van der Waals surface area contributed by atoms with Gasteiger partial charge >= 0.3 is 0 Å². The first-order valence-corrected chi connectivity index (χ1v) is 16.7. The summed E-state index contributed by atoms with van der Waals surface area (Å²) in [6, 6.07) is 20.8. The Labute approximate surface area is 262 Å². The van der Waals surface area contributed by atoms with Crippen LogP contribution in [-0.4, -0.2) is 10.9 Å². The molecule has 0 bridgehead atoms. The average molecular weight is 699 g/mol. The number of carbonyl (C=O) groups is 1. The van der Waals surface area contributed by atoms with E-state index < -0.39 is 5.60 Å². The van der Waals surface area contributed by atoms with E-state index in [2.05, 4.69) is 103 Å². The van der Waals surface area contributed by atoms with Gasteiger partial charge in [0.05, 0.1) is 0 Å². The molecule has 6 rings (SSSR count). The second kappa shape index (κ2) is 11.1. The summed E-state index contributed by atoms with van der Waals surface area (Å²) < 4.78 is 2.15. The smallest absolute Gasteiger partial charge is 0.164 e. The van der Waals surface area contributed by atoms with Crippen LogP contribution in [0.15, 0.2) is 82.3 Å². The Morgan fingerprint density at radius 3 is 1.93 bits per heavy atom. The van der Waals surface area contributed by atoms with Crippen LogP contribution in [0.3, 0.4) is 0 Å². The molecule has 2 heterocycles. The zero-order valence-electron chi connectivity index (χ0n) is 23.3. The molecule has 40 heavy (non-hydrogen) atoms. The molecule has 2 aliphatic rings. The fourth-order valence-corrected chi connectivity index (χ4v) is 9.55. The van der Waals surface area contributed by atoms with Gasteiger partial charge in [0.25, 0.3) is 0 Å². The molecule has 0 aliphatic heterocycles. The number of hydrogen-bond donors (Lipinski definition) is 1. The van der Waals surface area contributed by atoms with Gasteiger partial charge in [-0.2, -0.15) is 0 Å². The van der Waals surface area contributed by atoms with E-state index in [1.807, 2.05) is 24.3 Å². The quantitative estimate of drug-likeness (QED) is 0.216. The van der Waals surface area contributed by atoms with E-state index in [0.717, 1.165) is 39.3 Å². The molecular formula is C34H34Br2O2S2. The molecule has 6 heteroatoms. The number of hydrogen-bond acceptors (Lipinski definition) is 4. The molecule has 208 valence electrons. The minimum Gasteiger partial charge on any atom is -0.381 e. The van der Waals surface area contributed by atoms with Gasteiger partial charge in [-0.05, 0) is 77.6 Å². The van der Waals surface area contributed by atoms with Crippen LogP contribution in [0, 0.1) is 10.8 Å². The van der Waals surface area contributed by atoms with Crippen molar-refractivity contribution in [3.8, 4) is 20.9 Å². The lowest BCUT2D eigenvalue weighted by Gasteiger charge is -2.39. The summed E-state index contributed by atoms with van der Waals surface area (Å²) in [7, 11) is 0. The van der Waals surface area contributed by atoms with E-state index in [-0.39, 0.29) is 10.8 Å². The van der Waals surface area contributed by atoms with Crippen LogP contribution in [-0.2, 0) is 18.4 Å². The number of halogens is 2. The number of carbonyl (C=O) groups excluding carboxylic acids is 1. The predicted molar refractivity (Wildman–Crippen MR) is 178 cm³/mol. The molecule has 0 spiro atoms. The SMILES string of the molecule is C=CC1(O)CC(C)(C)Cc2sc(-c3cccc(Br)c3)cc21.CC1(C)CC(=O)c2cc(-c3cccc(Br)c3)sc2C1. The maximum atomic E-state index is 12.2. The highest BCUT2D eigenvalue weighted by molar-refractivity contribution is 9.10. The van der Waals surface area contributed by atoms with Crippen LogP contribution in [0.25, 0.3) is 20.9 Å². The number of aliphatic hydroxyl groups is 1. The molecular weight excluding hydrogens is 664 g/mol. The molecule has 0 amide bonds. The molecule has 2 aromatic carbocycles. The molecule has 4 aromatic rings. The highest BCUT2D eigenvalue weighted by atomic mass is 79.9. The van der Waals surface area contributed by atoms with E-state index in [1.54, 1.807) is 28.7 Å². The van der Waals surface area contributed by atoms with Crippen molar-refractivity contribution in [3.63, 3.8) is 0 Å². The number of thiophene rings is 2. The van der Waals surface area contributed by atoms with Gasteiger partial charge in [-0.1, -0.05) is 96.5 Å². The summed E-state index contributed by atoms with van der Waals surface area (Å²) in [5.74, 6) is 0.295. The summed E-state index contributed by atoms with van der Waals surface area (Å²) in [4.78, 5) is 17.1. The Bertz CT molecular complexity index is 1590. The van der Waals surface area contributed by atoms with Gasteiger partial charge < -0.3 is 5.11 Å². The molecule has 0 saturated heterocycles. The molecule has 2 aliphatic carbocycles. The Balaban J connectivity index is 0.000000162. The molecule has 0 radical (unpaired) electrons. The monoisotopic (exact) mass is 696 g/mol. The van der Waals surface area contributed by atoms with Gasteiger partial charge in [-0.15, -0.1) is 22.7 Å². The lowest BCUT2D eigenvalue weighted by Crippen LogP contribution is -2.36. The van der Waals surface area contributed by atoms with E-state index in [4.69, 9.17) is 0 Å². The minimum atomic E-state index is -0.905. The maximum absolute atomic E-state index is 12.2. The summed E-state index contributed by atoms with van der Waals surface area (Å²) in [5.41, 5.74) is 3.64. The zero-order valence-corrected chi connectivity index (χ0v) is 28.1. The fourth-order valence-electron chi connectivity index (χ4n) is 5.82. The number of Topliss-reactive ketones (excluding diaryl/α,β-unsaturated/α-hetero) is 1. The first kappa shape index (κ1) is 29.7. The van der Waals surface area contributed by atoms with Crippen molar-refractivity contribution in [2.24, 2.45) is 10.8 Å². The van der Waals surface area contributed by atoms with Gasteiger partial charge in [0.15, 0.2) is 5.78 Å². The van der Waals surface area contributed by atoms with Gasteiger partial charge in [-0.3, -0.25) is 4.79 Å². The topological polar surface area (TPSA) is 37.3 Å². The number of rotatable bonds is 3. The largest absolute Gasteiger partial charge is 0.381 e. The predicted octanol–water partition coefficient (Wildman–Crippen LogP) is 10.9. The van der Waals surface area contributed by atoms with E-state index in [9.17, 15) is 9.90 Å². The lowest BCUT2D eigenvalue weighted by molar-refractivity contribution is 0.0276. The Hall–Kier alpha value is -1.83. The van der Waals surface area contributed by atoms with Crippen molar-refractivity contribution >= 4 is 60.3 Å². The first-order valence-electron chi connectivity index (χ1n) is 13.4. The third-order valence-electron chi connectivity index (χ3n) is 7.61. The third kappa shape index (κ3) is 6.32. The van der Waals surface area contributed by atoms with E-state index in [1.165, 1.54) is 30.6 Å². The number of fused-ring (bicyclic) bond motifs is 2. The average Bonchev–Trinajstić information content (AvgIpc) is 3.48. The standard InChI is InChI=1S/C18H19BrOS.C16H15BrOS/c1-4-18(20)11-17(2,3)10-16-14(18)9-15(21-16)12-6-5-7-13(19)8-12;1-16(2)8-13(18)12-7-14(19-15(12)9-16)10-4-3-5-11(17)6-10/h4-9,20H,1,10-11H2,2-3H3;3-7H,8-9H2,1-2H3. The van der Waals surface area contributed by atoms with E-state index >= 15 is 0 Å². The van der Waals surface area contributed by atoms with Crippen molar-refractivity contribution in [2.75, 3.05) is 0 Å². The van der Waals surface area contributed by atoms with E-state index in [0.29, 0.717) is 12.2 Å². The number of ketones is 1. The van der Waals surface area contributed by atoms with Crippen LogP contribution < -0.4 is 0 Å².